The summed E-state index contributed by atoms with van der Waals surface area (Å²) in [7, 11) is 0. The number of halogens is 2. The van der Waals surface area contributed by atoms with E-state index in [0.717, 1.165) is 22.4 Å². The van der Waals surface area contributed by atoms with Crippen molar-refractivity contribution < 1.29 is 4.74 Å². The van der Waals surface area contributed by atoms with Crippen LogP contribution in [0, 0.1) is 0 Å². The highest BCUT2D eigenvalue weighted by Crippen LogP contribution is 2.27. The lowest BCUT2D eigenvalue weighted by atomic mass is 10.1. The molecule has 3 rings (SSSR count). The standard InChI is InChI=1S/C14H14BrClN4O/c15-10-3-1-9(2-4-10)11-8-20(5-6-21-11)13-7-12(16)18-14(17)19-13/h1-4,7,11H,5-6,8H2,(H2,17,18,19). The molecule has 1 unspecified atom stereocenters. The fourth-order valence-corrected chi connectivity index (χ4v) is 2.77. The number of nitrogens with zero attached hydrogens (tertiary/aromatic N) is 3. The van der Waals surface area contributed by atoms with Crippen molar-refractivity contribution in [2.24, 2.45) is 0 Å². The highest BCUT2D eigenvalue weighted by Gasteiger charge is 2.23. The third kappa shape index (κ3) is 3.45. The molecule has 21 heavy (non-hydrogen) atoms. The summed E-state index contributed by atoms with van der Waals surface area (Å²) >= 11 is 9.38. The molecular formula is C14H14BrClN4O. The molecule has 2 heterocycles. The van der Waals surface area contributed by atoms with Crippen molar-refractivity contribution in [1.29, 1.82) is 0 Å². The van der Waals surface area contributed by atoms with Crippen LogP contribution in [0.4, 0.5) is 11.8 Å². The number of ether oxygens (including phenoxy) is 1. The molecule has 1 aliphatic rings. The van der Waals surface area contributed by atoms with Crippen molar-refractivity contribution in [1.82, 2.24) is 9.97 Å². The Morgan fingerprint density at radius 3 is 2.76 bits per heavy atom. The van der Waals surface area contributed by atoms with Gasteiger partial charge in [-0.25, -0.2) is 4.98 Å². The van der Waals surface area contributed by atoms with Gasteiger partial charge in [0.2, 0.25) is 5.95 Å². The van der Waals surface area contributed by atoms with Crippen LogP contribution in [-0.2, 0) is 4.74 Å². The number of nitrogens with two attached hydrogens (primary N) is 1. The molecule has 0 saturated carbocycles. The van der Waals surface area contributed by atoms with E-state index < -0.39 is 0 Å². The van der Waals surface area contributed by atoms with E-state index >= 15 is 0 Å². The smallest absolute Gasteiger partial charge is 0.223 e. The normalized spacial score (nSPS) is 18.8. The second kappa shape index (κ2) is 6.17. The van der Waals surface area contributed by atoms with Crippen molar-refractivity contribution in [2.75, 3.05) is 30.3 Å². The Morgan fingerprint density at radius 2 is 2.05 bits per heavy atom. The number of aromatic nitrogens is 2. The van der Waals surface area contributed by atoms with Crippen LogP contribution >= 0.6 is 27.5 Å². The molecule has 1 aromatic carbocycles. The SMILES string of the molecule is Nc1nc(Cl)cc(N2CCOC(c3ccc(Br)cc3)C2)n1. The number of nitrogen functional groups attached to an aromatic ring is 1. The van der Waals surface area contributed by atoms with Gasteiger partial charge in [0.15, 0.2) is 0 Å². The van der Waals surface area contributed by atoms with Crippen LogP contribution in [0.25, 0.3) is 0 Å². The molecule has 7 heteroatoms. The van der Waals surface area contributed by atoms with Gasteiger partial charge in [0.05, 0.1) is 6.61 Å². The van der Waals surface area contributed by atoms with E-state index in [1.54, 1.807) is 6.07 Å². The summed E-state index contributed by atoms with van der Waals surface area (Å²) in [5.41, 5.74) is 6.79. The first-order valence-corrected chi connectivity index (χ1v) is 7.71. The molecule has 110 valence electrons. The summed E-state index contributed by atoms with van der Waals surface area (Å²) in [6, 6.07) is 9.86. The molecule has 2 N–H and O–H groups in total. The van der Waals surface area contributed by atoms with Crippen LogP contribution in [0.2, 0.25) is 5.15 Å². The van der Waals surface area contributed by atoms with Gasteiger partial charge in [-0.15, -0.1) is 0 Å². The lowest BCUT2D eigenvalue weighted by molar-refractivity contribution is 0.0395. The zero-order valence-electron chi connectivity index (χ0n) is 11.2. The van der Waals surface area contributed by atoms with Gasteiger partial charge in [-0.1, -0.05) is 39.7 Å². The zero-order valence-corrected chi connectivity index (χ0v) is 13.5. The molecule has 1 fully saturated rings. The summed E-state index contributed by atoms with van der Waals surface area (Å²) in [5.74, 6) is 0.919. The van der Waals surface area contributed by atoms with Crippen LogP contribution in [0.5, 0.6) is 0 Å². The molecule has 1 saturated heterocycles. The number of rotatable bonds is 2. The second-order valence-electron chi connectivity index (χ2n) is 4.76. The zero-order chi connectivity index (χ0) is 14.8. The lowest BCUT2D eigenvalue weighted by Crippen LogP contribution is -2.39. The third-order valence-corrected chi connectivity index (χ3v) is 4.05. The molecule has 0 aliphatic carbocycles. The van der Waals surface area contributed by atoms with Gasteiger partial charge >= 0.3 is 0 Å². The minimum absolute atomic E-state index is 0.00168. The number of morpholine rings is 1. The quantitative estimate of drug-likeness (QED) is 0.824. The Bertz CT molecular complexity index is 617. The maximum atomic E-state index is 5.95. The Kier molecular flexibility index (Phi) is 4.28. The Balaban J connectivity index is 1.80. The van der Waals surface area contributed by atoms with E-state index in [4.69, 9.17) is 22.1 Å². The summed E-state index contributed by atoms with van der Waals surface area (Å²) in [6.45, 7) is 2.08. The van der Waals surface area contributed by atoms with Crippen LogP contribution in [-0.4, -0.2) is 29.7 Å². The van der Waals surface area contributed by atoms with Crippen LogP contribution in [0.1, 0.15) is 11.7 Å². The predicted octanol–water partition coefficient (Wildman–Crippen LogP) is 3.05. The largest absolute Gasteiger partial charge is 0.370 e. The van der Waals surface area contributed by atoms with Crippen LogP contribution in [0.3, 0.4) is 0 Å². The van der Waals surface area contributed by atoms with E-state index in [1.165, 1.54) is 0 Å². The maximum absolute atomic E-state index is 5.95. The average molecular weight is 370 g/mol. The number of hydrogen-bond donors (Lipinski definition) is 1. The Morgan fingerprint density at radius 1 is 1.29 bits per heavy atom. The molecule has 1 aliphatic heterocycles. The maximum Gasteiger partial charge on any atom is 0.223 e. The van der Waals surface area contributed by atoms with Crippen molar-refractivity contribution in [3.8, 4) is 0 Å². The lowest BCUT2D eigenvalue weighted by Gasteiger charge is -2.34. The summed E-state index contributed by atoms with van der Waals surface area (Å²) in [6.07, 6.45) is 0.00168. The average Bonchev–Trinajstić information content (AvgIpc) is 2.47. The van der Waals surface area contributed by atoms with Crippen molar-refractivity contribution in [3.63, 3.8) is 0 Å². The van der Waals surface area contributed by atoms with Gasteiger partial charge in [0, 0.05) is 23.6 Å². The fraction of sp³-hybridized carbons (Fsp3) is 0.286. The predicted molar refractivity (Wildman–Crippen MR) is 86.5 cm³/mol. The monoisotopic (exact) mass is 368 g/mol. The fourth-order valence-electron chi connectivity index (χ4n) is 2.32. The topological polar surface area (TPSA) is 64.3 Å². The highest BCUT2D eigenvalue weighted by molar-refractivity contribution is 9.10. The molecule has 1 aromatic heterocycles. The molecule has 0 bridgehead atoms. The number of anilines is 2. The van der Waals surface area contributed by atoms with E-state index in [-0.39, 0.29) is 12.1 Å². The van der Waals surface area contributed by atoms with E-state index in [9.17, 15) is 0 Å². The van der Waals surface area contributed by atoms with Crippen LogP contribution < -0.4 is 10.6 Å². The van der Waals surface area contributed by atoms with Crippen molar-refractivity contribution in [3.05, 3.63) is 45.5 Å². The van der Waals surface area contributed by atoms with Gasteiger partial charge in [0.1, 0.15) is 17.1 Å². The summed E-state index contributed by atoms with van der Waals surface area (Å²) in [5, 5.41) is 0.351. The number of benzene rings is 1. The minimum atomic E-state index is 0.00168. The molecule has 0 radical (unpaired) electrons. The molecular weight excluding hydrogens is 356 g/mol. The molecule has 0 spiro atoms. The van der Waals surface area contributed by atoms with Gasteiger partial charge in [0.25, 0.3) is 0 Å². The van der Waals surface area contributed by atoms with Gasteiger partial charge in [-0.2, -0.15) is 4.98 Å². The first-order valence-electron chi connectivity index (χ1n) is 6.54. The van der Waals surface area contributed by atoms with E-state index in [1.807, 2.05) is 12.1 Å². The summed E-state index contributed by atoms with van der Waals surface area (Å²) < 4.78 is 6.90. The highest BCUT2D eigenvalue weighted by atomic mass is 79.9. The van der Waals surface area contributed by atoms with Crippen LogP contribution in [0.15, 0.2) is 34.8 Å². The van der Waals surface area contributed by atoms with Crippen molar-refractivity contribution >= 4 is 39.3 Å². The van der Waals surface area contributed by atoms with Crippen molar-refractivity contribution in [2.45, 2.75) is 6.10 Å². The number of hydrogen-bond acceptors (Lipinski definition) is 5. The molecule has 2 aromatic rings. The van der Waals surface area contributed by atoms with E-state index in [2.05, 4.69) is 42.9 Å². The molecule has 0 amide bonds. The molecule has 5 nitrogen and oxygen atoms in total. The second-order valence-corrected chi connectivity index (χ2v) is 6.07. The van der Waals surface area contributed by atoms with Gasteiger partial charge in [-0.3, -0.25) is 0 Å². The first kappa shape index (κ1) is 14.6. The minimum Gasteiger partial charge on any atom is -0.370 e. The molecule has 1 atom stereocenters. The van der Waals surface area contributed by atoms with Gasteiger partial charge < -0.3 is 15.4 Å². The van der Waals surface area contributed by atoms with Gasteiger partial charge in [-0.05, 0) is 17.7 Å². The Labute approximate surface area is 136 Å². The Hall–Kier alpha value is -1.37. The first-order chi connectivity index (χ1) is 10.1. The summed E-state index contributed by atoms with van der Waals surface area (Å²) in [4.78, 5) is 10.2. The third-order valence-electron chi connectivity index (χ3n) is 3.33. The van der Waals surface area contributed by atoms with E-state index in [0.29, 0.717) is 18.3 Å².